The maximum Gasteiger partial charge on any atom is 0.226 e. The van der Waals surface area contributed by atoms with E-state index in [1.807, 2.05) is 30.3 Å². The lowest BCUT2D eigenvalue weighted by molar-refractivity contribution is -0.116. The van der Waals surface area contributed by atoms with Gasteiger partial charge >= 0.3 is 0 Å². The van der Waals surface area contributed by atoms with Crippen LogP contribution in [0.3, 0.4) is 0 Å². The molecule has 19 heavy (non-hydrogen) atoms. The van der Waals surface area contributed by atoms with Crippen LogP contribution in [0.15, 0.2) is 30.3 Å². The Bertz CT molecular complexity index is 530. The lowest BCUT2D eigenvalue weighted by Crippen LogP contribution is -2.12. The largest absolute Gasteiger partial charge is 0.301 e. The van der Waals surface area contributed by atoms with E-state index in [-0.39, 0.29) is 5.91 Å². The van der Waals surface area contributed by atoms with E-state index in [4.69, 9.17) is 0 Å². The monoisotopic (exact) mass is 339 g/mol. The van der Waals surface area contributed by atoms with E-state index < -0.39 is 0 Å². The van der Waals surface area contributed by atoms with Crippen LogP contribution in [0.2, 0.25) is 0 Å². The highest BCUT2D eigenvalue weighted by atomic mass is 79.9. The summed E-state index contributed by atoms with van der Waals surface area (Å²) in [5, 5.41) is 13.1. The minimum Gasteiger partial charge on any atom is -0.301 e. The lowest BCUT2D eigenvalue weighted by atomic mass is 10.1. The summed E-state index contributed by atoms with van der Waals surface area (Å²) in [5.41, 5.74) is 1.16. The Kier molecular flexibility index (Phi) is 5.47. The first-order valence-electron chi connectivity index (χ1n) is 6.00. The Morgan fingerprint density at radius 2 is 2.00 bits per heavy atom. The van der Waals surface area contributed by atoms with Gasteiger partial charge in [-0.05, 0) is 12.0 Å². The first-order chi connectivity index (χ1) is 9.28. The minimum atomic E-state index is -0.0228. The van der Waals surface area contributed by atoms with E-state index in [0.29, 0.717) is 11.6 Å². The molecule has 0 saturated carbocycles. The van der Waals surface area contributed by atoms with Crippen molar-refractivity contribution in [3.63, 3.8) is 0 Å². The molecule has 4 nitrogen and oxygen atoms in total. The molecule has 2 rings (SSSR count). The van der Waals surface area contributed by atoms with Gasteiger partial charge in [0.1, 0.15) is 5.01 Å². The fourth-order valence-corrected chi connectivity index (χ4v) is 2.96. The third-order valence-electron chi connectivity index (χ3n) is 2.51. The number of halogens is 1. The van der Waals surface area contributed by atoms with Crippen molar-refractivity contribution < 1.29 is 4.79 Å². The smallest absolute Gasteiger partial charge is 0.226 e. The van der Waals surface area contributed by atoms with Gasteiger partial charge in [-0.2, -0.15) is 0 Å². The zero-order chi connectivity index (χ0) is 13.5. The number of carbonyl (C=O) groups is 1. The summed E-state index contributed by atoms with van der Waals surface area (Å²) >= 11 is 4.77. The van der Waals surface area contributed by atoms with E-state index in [1.165, 1.54) is 11.3 Å². The summed E-state index contributed by atoms with van der Waals surface area (Å²) < 4.78 is 0. The third-order valence-corrected chi connectivity index (χ3v) is 3.80. The Morgan fingerprint density at radius 1 is 1.21 bits per heavy atom. The highest BCUT2D eigenvalue weighted by Crippen LogP contribution is 2.16. The molecule has 1 aromatic heterocycles. The van der Waals surface area contributed by atoms with Crippen LogP contribution in [0, 0.1) is 0 Å². The van der Waals surface area contributed by atoms with Gasteiger partial charge in [-0.3, -0.25) is 4.79 Å². The molecule has 2 aromatic rings. The van der Waals surface area contributed by atoms with Gasteiger partial charge in [0, 0.05) is 18.2 Å². The first-order valence-corrected chi connectivity index (χ1v) is 7.94. The molecule has 0 atom stereocenters. The molecule has 1 amide bonds. The summed E-state index contributed by atoms with van der Waals surface area (Å²) in [6.45, 7) is 0. The zero-order valence-electron chi connectivity index (χ0n) is 10.3. The van der Waals surface area contributed by atoms with Crippen LogP contribution in [0.1, 0.15) is 17.0 Å². The quantitative estimate of drug-likeness (QED) is 0.823. The molecule has 0 spiro atoms. The molecular formula is C13H14BrN3OS. The number of carbonyl (C=O) groups excluding carboxylic acids is 1. The molecule has 0 aliphatic carbocycles. The molecule has 1 N–H and O–H groups in total. The number of hydrogen-bond donors (Lipinski definition) is 1. The molecule has 0 aliphatic heterocycles. The summed E-state index contributed by atoms with van der Waals surface area (Å²) in [5.74, 6) is -0.0228. The minimum absolute atomic E-state index is 0.0228. The van der Waals surface area contributed by atoms with Crippen LogP contribution < -0.4 is 5.32 Å². The van der Waals surface area contributed by atoms with Gasteiger partial charge in [-0.15, -0.1) is 10.2 Å². The molecule has 0 fully saturated rings. The fourth-order valence-electron chi connectivity index (χ4n) is 1.57. The maximum absolute atomic E-state index is 11.8. The highest BCUT2D eigenvalue weighted by molar-refractivity contribution is 9.09. The molecule has 0 aliphatic rings. The van der Waals surface area contributed by atoms with Gasteiger partial charge in [0.15, 0.2) is 0 Å². The summed E-state index contributed by atoms with van der Waals surface area (Å²) in [6, 6.07) is 9.96. The van der Waals surface area contributed by atoms with E-state index in [0.717, 1.165) is 28.7 Å². The van der Waals surface area contributed by atoms with Crippen molar-refractivity contribution >= 4 is 38.3 Å². The van der Waals surface area contributed by atoms with Crippen molar-refractivity contribution in [1.29, 1.82) is 0 Å². The molecule has 0 radical (unpaired) electrons. The van der Waals surface area contributed by atoms with E-state index in [9.17, 15) is 4.79 Å². The summed E-state index contributed by atoms with van der Waals surface area (Å²) in [6.07, 6.45) is 2.02. The third kappa shape index (κ3) is 4.72. The standard InChI is InChI=1S/C13H14BrN3OS/c14-9-8-12-16-17-13(19-12)15-11(18)7-6-10-4-2-1-3-5-10/h1-5H,6-9H2,(H,15,17,18). The Hall–Kier alpha value is -1.27. The van der Waals surface area contributed by atoms with Crippen molar-refractivity contribution in [2.45, 2.75) is 19.3 Å². The number of rotatable bonds is 6. The van der Waals surface area contributed by atoms with Gasteiger partial charge in [0.25, 0.3) is 0 Å². The average molecular weight is 340 g/mol. The van der Waals surface area contributed by atoms with Crippen molar-refractivity contribution in [2.75, 3.05) is 10.6 Å². The topological polar surface area (TPSA) is 54.9 Å². The van der Waals surface area contributed by atoms with Crippen molar-refractivity contribution in [3.05, 3.63) is 40.9 Å². The lowest BCUT2D eigenvalue weighted by Gasteiger charge is -2.01. The van der Waals surface area contributed by atoms with E-state index >= 15 is 0 Å². The van der Waals surface area contributed by atoms with E-state index in [1.54, 1.807) is 0 Å². The van der Waals surface area contributed by atoms with Gasteiger partial charge in [0.05, 0.1) is 0 Å². The van der Waals surface area contributed by atoms with Crippen LogP contribution in [0.5, 0.6) is 0 Å². The fraction of sp³-hybridized carbons (Fsp3) is 0.308. The predicted octanol–water partition coefficient (Wildman–Crippen LogP) is 3.05. The molecule has 1 heterocycles. The Balaban J connectivity index is 1.80. The number of nitrogens with one attached hydrogen (secondary N) is 1. The number of anilines is 1. The second-order valence-electron chi connectivity index (χ2n) is 3.97. The number of aryl methyl sites for hydroxylation is 2. The second-order valence-corrected chi connectivity index (χ2v) is 5.83. The maximum atomic E-state index is 11.8. The second kappa shape index (κ2) is 7.35. The van der Waals surface area contributed by atoms with Crippen molar-refractivity contribution in [3.8, 4) is 0 Å². The molecule has 0 bridgehead atoms. The van der Waals surface area contributed by atoms with Crippen LogP contribution >= 0.6 is 27.3 Å². The van der Waals surface area contributed by atoms with Gasteiger partial charge < -0.3 is 5.32 Å². The molecule has 0 saturated heterocycles. The zero-order valence-corrected chi connectivity index (χ0v) is 12.7. The molecule has 6 heteroatoms. The number of alkyl halides is 1. The number of aromatic nitrogens is 2. The van der Waals surface area contributed by atoms with Crippen LogP contribution in [0.25, 0.3) is 0 Å². The van der Waals surface area contributed by atoms with Gasteiger partial charge in [-0.1, -0.05) is 57.6 Å². The molecule has 1 aromatic carbocycles. The Labute approximate surface area is 124 Å². The van der Waals surface area contributed by atoms with Gasteiger partial charge in [-0.25, -0.2) is 0 Å². The number of amides is 1. The summed E-state index contributed by atoms with van der Waals surface area (Å²) in [4.78, 5) is 11.8. The van der Waals surface area contributed by atoms with E-state index in [2.05, 4.69) is 31.4 Å². The number of nitrogens with zero attached hydrogens (tertiary/aromatic N) is 2. The first kappa shape index (κ1) is 14.1. The normalized spacial score (nSPS) is 10.4. The molecular weight excluding hydrogens is 326 g/mol. The SMILES string of the molecule is O=C(CCc1ccccc1)Nc1nnc(CCBr)s1. The van der Waals surface area contributed by atoms with Crippen molar-refractivity contribution in [1.82, 2.24) is 10.2 Å². The highest BCUT2D eigenvalue weighted by Gasteiger charge is 2.07. The number of hydrogen-bond acceptors (Lipinski definition) is 4. The molecule has 0 unspecified atom stereocenters. The molecule has 100 valence electrons. The van der Waals surface area contributed by atoms with Crippen LogP contribution in [0.4, 0.5) is 5.13 Å². The van der Waals surface area contributed by atoms with Crippen molar-refractivity contribution in [2.24, 2.45) is 0 Å². The van der Waals surface area contributed by atoms with Crippen LogP contribution in [-0.2, 0) is 17.6 Å². The number of benzene rings is 1. The predicted molar refractivity (Wildman–Crippen MR) is 80.8 cm³/mol. The summed E-state index contributed by atoms with van der Waals surface area (Å²) in [7, 11) is 0. The van der Waals surface area contributed by atoms with Crippen LogP contribution in [-0.4, -0.2) is 21.4 Å². The average Bonchev–Trinajstić information content (AvgIpc) is 2.85. The van der Waals surface area contributed by atoms with Gasteiger partial charge in [0.2, 0.25) is 11.0 Å². The Morgan fingerprint density at radius 3 is 2.74 bits per heavy atom.